The number of anilines is 1. The maximum absolute atomic E-state index is 14.4. The van der Waals surface area contributed by atoms with Crippen molar-refractivity contribution in [3.63, 3.8) is 0 Å². The number of fused-ring (bicyclic) bond motifs is 1. The number of thioether (sulfide) groups is 1. The first-order valence-electron chi connectivity index (χ1n) is 18.2. The number of carbonyl (C=O) groups is 4. The number of thiazole rings is 1. The van der Waals surface area contributed by atoms with Crippen LogP contribution in [0.4, 0.5) is 5.13 Å². The molecular formula is C43H36N6O6S2. The van der Waals surface area contributed by atoms with Crippen molar-refractivity contribution in [1.29, 1.82) is 0 Å². The molecule has 0 radical (unpaired) electrons. The number of oxime groups is 1. The second-order valence-corrected chi connectivity index (χ2v) is 15.4. The standard InChI is InChI=1S/C43H36N6O6S2/c44-42-46-32(25-57-42)34(48-55-43(27-16-7-2-8-17-27,28-18-9-3-10-19-28)29-20-11-4-12-21-29)38(51)47-35-39(52)49-36(41(53)54)31(24-56-40(35)49)33(26-14-5-1-6-15-26)30-22-13-23-45-37(30)50/h1-12,14-21,25,35,40H,13,22-24H2,(H2,44,46)(H,45,50)(H,47,51)(H,53,54)/t35-,40-/m1/s1. The fourth-order valence-electron chi connectivity index (χ4n) is 7.47. The first kappa shape index (κ1) is 37.4. The molecule has 2 atom stereocenters. The Morgan fingerprint density at radius 1 is 0.895 bits per heavy atom. The number of aliphatic carboxylic acids is 1. The summed E-state index contributed by atoms with van der Waals surface area (Å²) in [5, 5.41) is 21.9. The number of rotatable bonds is 11. The van der Waals surface area contributed by atoms with Gasteiger partial charge in [0.25, 0.3) is 11.8 Å². The molecule has 3 amide bonds. The Morgan fingerprint density at radius 2 is 1.47 bits per heavy atom. The number of piperidine rings is 1. The van der Waals surface area contributed by atoms with Crippen molar-refractivity contribution in [2.75, 3.05) is 18.0 Å². The number of carbonyl (C=O) groups excluding carboxylic acids is 3. The summed E-state index contributed by atoms with van der Waals surface area (Å²) in [6.07, 6.45) is 1.15. The van der Waals surface area contributed by atoms with Crippen LogP contribution in [0.5, 0.6) is 0 Å². The SMILES string of the molecule is Nc1nc(C(=NOC(c2ccccc2)(c2ccccc2)c2ccccc2)C(=O)N[C@@H]2C(=O)N3C(C(=O)O)=C(C(=C4CCCNC4=O)c4ccccc4)CS[C@H]23)cs1. The zero-order chi connectivity index (χ0) is 39.5. The molecule has 5 N–H and O–H groups in total. The number of carboxylic acid groups (broad SMARTS) is 1. The number of allylic oxidation sites excluding steroid dienone is 1. The van der Waals surface area contributed by atoms with Crippen LogP contribution in [0.25, 0.3) is 5.57 Å². The molecule has 12 nitrogen and oxygen atoms in total. The lowest BCUT2D eigenvalue weighted by Gasteiger charge is -2.49. The van der Waals surface area contributed by atoms with Crippen LogP contribution in [0.2, 0.25) is 0 Å². The Morgan fingerprint density at radius 3 is 2.00 bits per heavy atom. The number of benzene rings is 4. The average molecular weight is 797 g/mol. The molecule has 286 valence electrons. The summed E-state index contributed by atoms with van der Waals surface area (Å²) < 4.78 is 0. The number of aromatic nitrogens is 1. The zero-order valence-corrected chi connectivity index (χ0v) is 32.0. The fourth-order valence-corrected chi connectivity index (χ4v) is 9.37. The van der Waals surface area contributed by atoms with Gasteiger partial charge in [-0.2, -0.15) is 0 Å². The number of carboxylic acids is 1. The molecule has 3 aliphatic heterocycles. The van der Waals surface area contributed by atoms with E-state index in [2.05, 4.69) is 20.8 Å². The first-order valence-corrected chi connectivity index (χ1v) is 20.1. The van der Waals surface area contributed by atoms with Crippen LogP contribution in [0.1, 0.15) is 40.8 Å². The minimum atomic E-state index is -1.32. The van der Waals surface area contributed by atoms with Crippen LogP contribution in [-0.2, 0) is 29.6 Å². The number of nitrogen functional groups attached to an aromatic ring is 1. The Balaban J connectivity index is 1.16. The molecule has 14 heteroatoms. The highest BCUT2D eigenvalue weighted by atomic mass is 32.2. The molecule has 0 aliphatic carbocycles. The summed E-state index contributed by atoms with van der Waals surface area (Å²) in [5.41, 5.74) is 8.64. The second kappa shape index (κ2) is 15.9. The quantitative estimate of drug-likeness (QED) is 0.0440. The van der Waals surface area contributed by atoms with Crippen molar-refractivity contribution in [3.05, 3.63) is 171 Å². The average Bonchev–Trinajstić information content (AvgIpc) is 3.68. The van der Waals surface area contributed by atoms with Crippen LogP contribution < -0.4 is 16.4 Å². The Bertz CT molecular complexity index is 2340. The third-order valence-electron chi connectivity index (χ3n) is 10.1. The molecule has 8 rings (SSSR count). The summed E-state index contributed by atoms with van der Waals surface area (Å²) in [5.74, 6) is -2.79. The second-order valence-electron chi connectivity index (χ2n) is 13.5. The molecule has 0 bridgehead atoms. The lowest BCUT2D eigenvalue weighted by atomic mass is 9.80. The van der Waals surface area contributed by atoms with E-state index in [1.807, 2.05) is 121 Å². The van der Waals surface area contributed by atoms with E-state index < -0.39 is 34.8 Å². The number of hydrogen-bond acceptors (Lipinski definition) is 10. The maximum atomic E-state index is 14.4. The Kier molecular flexibility index (Phi) is 10.5. The van der Waals surface area contributed by atoms with Gasteiger partial charge in [0.15, 0.2) is 10.8 Å². The van der Waals surface area contributed by atoms with Gasteiger partial charge in [-0.05, 0) is 24.0 Å². The van der Waals surface area contributed by atoms with Gasteiger partial charge in [0.1, 0.15) is 22.8 Å². The lowest BCUT2D eigenvalue weighted by Crippen LogP contribution is -2.71. The Hall–Kier alpha value is -6.51. The highest BCUT2D eigenvalue weighted by molar-refractivity contribution is 8.00. The molecule has 5 aromatic rings. The number of nitrogens with one attached hydrogen (secondary N) is 2. The van der Waals surface area contributed by atoms with E-state index in [-0.39, 0.29) is 33.9 Å². The van der Waals surface area contributed by atoms with E-state index in [4.69, 9.17) is 10.6 Å². The zero-order valence-electron chi connectivity index (χ0n) is 30.3. The van der Waals surface area contributed by atoms with Gasteiger partial charge < -0.3 is 26.3 Å². The van der Waals surface area contributed by atoms with Crippen molar-refractivity contribution < 1.29 is 29.1 Å². The van der Waals surface area contributed by atoms with Gasteiger partial charge in [-0.1, -0.05) is 126 Å². The third kappa shape index (κ3) is 6.98. The topological polar surface area (TPSA) is 176 Å². The van der Waals surface area contributed by atoms with Gasteiger partial charge in [0, 0.05) is 45.5 Å². The van der Waals surface area contributed by atoms with Gasteiger partial charge in [0.2, 0.25) is 11.5 Å². The van der Waals surface area contributed by atoms with Crippen LogP contribution in [-0.4, -0.2) is 68.1 Å². The van der Waals surface area contributed by atoms with Gasteiger partial charge in [-0.25, -0.2) is 9.78 Å². The van der Waals surface area contributed by atoms with E-state index in [1.165, 1.54) is 16.7 Å². The molecule has 0 saturated carbocycles. The molecule has 0 unspecified atom stereocenters. The summed E-state index contributed by atoms with van der Waals surface area (Å²) in [6.45, 7) is 0.521. The van der Waals surface area contributed by atoms with Gasteiger partial charge in [-0.3, -0.25) is 19.3 Å². The van der Waals surface area contributed by atoms with Gasteiger partial charge in [-0.15, -0.1) is 23.1 Å². The minimum absolute atomic E-state index is 0.135. The number of nitrogens with zero attached hydrogens (tertiary/aromatic N) is 3. The normalized spacial score (nSPS) is 19.2. The molecule has 1 aromatic heterocycles. The van der Waals surface area contributed by atoms with E-state index in [1.54, 1.807) is 5.38 Å². The third-order valence-corrected chi connectivity index (χ3v) is 12.0. The Labute approximate surface area is 336 Å². The molecule has 57 heavy (non-hydrogen) atoms. The highest BCUT2D eigenvalue weighted by Gasteiger charge is 2.55. The summed E-state index contributed by atoms with van der Waals surface area (Å²) in [4.78, 5) is 66.7. The fraction of sp³-hybridized carbons (Fsp3) is 0.163. The summed E-state index contributed by atoms with van der Waals surface area (Å²) >= 11 is 2.42. The first-order chi connectivity index (χ1) is 27.8. The predicted octanol–water partition coefficient (Wildman–Crippen LogP) is 5.54. The largest absolute Gasteiger partial charge is 0.477 e. The predicted molar refractivity (Wildman–Crippen MR) is 219 cm³/mol. The monoisotopic (exact) mass is 796 g/mol. The highest BCUT2D eigenvalue weighted by Crippen LogP contribution is 2.46. The van der Waals surface area contributed by atoms with Crippen LogP contribution in [0, 0.1) is 0 Å². The van der Waals surface area contributed by atoms with E-state index >= 15 is 0 Å². The van der Waals surface area contributed by atoms with E-state index in [0.717, 1.165) is 28.0 Å². The van der Waals surface area contributed by atoms with E-state index in [9.17, 15) is 24.3 Å². The summed E-state index contributed by atoms with van der Waals surface area (Å²) in [7, 11) is 0. The van der Waals surface area contributed by atoms with Crippen molar-refractivity contribution >= 4 is 63.2 Å². The molecule has 2 saturated heterocycles. The van der Waals surface area contributed by atoms with Crippen molar-refractivity contribution in [2.45, 2.75) is 29.9 Å². The number of nitrogens with two attached hydrogens (primary N) is 1. The molecule has 4 heterocycles. The van der Waals surface area contributed by atoms with Crippen LogP contribution >= 0.6 is 23.1 Å². The van der Waals surface area contributed by atoms with Gasteiger partial charge in [0.05, 0.1) is 0 Å². The minimum Gasteiger partial charge on any atom is -0.477 e. The van der Waals surface area contributed by atoms with Crippen molar-refractivity contribution in [3.8, 4) is 0 Å². The molecule has 4 aromatic carbocycles. The molecule has 3 aliphatic rings. The molecule has 2 fully saturated rings. The maximum Gasteiger partial charge on any atom is 0.352 e. The summed E-state index contributed by atoms with van der Waals surface area (Å²) in [6, 6.07) is 36.5. The van der Waals surface area contributed by atoms with Gasteiger partial charge >= 0.3 is 5.97 Å². The molecular weight excluding hydrogens is 761 g/mol. The molecule has 0 spiro atoms. The lowest BCUT2D eigenvalue weighted by molar-refractivity contribution is -0.150. The van der Waals surface area contributed by atoms with Crippen LogP contribution in [0.15, 0.2) is 149 Å². The number of hydrogen-bond donors (Lipinski definition) is 4. The smallest absolute Gasteiger partial charge is 0.352 e. The number of β-lactam (4-membered cyclic amide) rings is 1. The van der Waals surface area contributed by atoms with Crippen LogP contribution in [0.3, 0.4) is 0 Å². The van der Waals surface area contributed by atoms with Crippen molar-refractivity contribution in [2.24, 2.45) is 5.16 Å². The van der Waals surface area contributed by atoms with Crippen molar-refractivity contribution in [1.82, 2.24) is 20.5 Å². The van der Waals surface area contributed by atoms with E-state index in [0.29, 0.717) is 41.7 Å². The number of amides is 3.